The lowest BCUT2D eigenvalue weighted by Gasteiger charge is -2.39. The molecule has 1 aliphatic heterocycles. The Morgan fingerprint density at radius 2 is 2.11 bits per heavy atom. The fourth-order valence-electron chi connectivity index (χ4n) is 3.81. The van der Waals surface area contributed by atoms with Gasteiger partial charge in [-0.15, -0.1) is 0 Å². The molecular formula is C21H29N3O3. The lowest BCUT2D eigenvalue weighted by atomic mass is 9.94. The Morgan fingerprint density at radius 1 is 1.33 bits per heavy atom. The zero-order valence-corrected chi connectivity index (χ0v) is 16.5. The first-order chi connectivity index (χ1) is 12.9. The minimum Gasteiger partial charge on any atom is -0.494 e. The second kappa shape index (κ2) is 8.13. The fraction of sp³-hybridized carbons (Fsp3) is 0.524. The van der Waals surface area contributed by atoms with Crippen molar-refractivity contribution in [2.24, 2.45) is 11.8 Å². The van der Waals surface area contributed by atoms with Crippen molar-refractivity contribution < 1.29 is 14.6 Å². The van der Waals surface area contributed by atoms with Crippen molar-refractivity contribution in [1.29, 1.82) is 0 Å². The highest BCUT2D eigenvalue weighted by Gasteiger charge is 2.29. The van der Waals surface area contributed by atoms with Crippen LogP contribution in [0.1, 0.15) is 27.2 Å². The van der Waals surface area contributed by atoms with Gasteiger partial charge in [-0.1, -0.05) is 20.8 Å². The summed E-state index contributed by atoms with van der Waals surface area (Å²) in [7, 11) is 1.65. The molecule has 1 amide bonds. The van der Waals surface area contributed by atoms with Crippen molar-refractivity contribution in [3.8, 4) is 5.75 Å². The Morgan fingerprint density at radius 3 is 2.81 bits per heavy atom. The average molecular weight is 371 g/mol. The molecule has 0 bridgehead atoms. The molecule has 0 aliphatic carbocycles. The molecule has 0 saturated carbocycles. The van der Waals surface area contributed by atoms with E-state index in [2.05, 4.69) is 34.3 Å². The van der Waals surface area contributed by atoms with Gasteiger partial charge in [0.2, 0.25) is 5.91 Å². The number of piperidine rings is 1. The summed E-state index contributed by atoms with van der Waals surface area (Å²) < 4.78 is 5.45. The summed E-state index contributed by atoms with van der Waals surface area (Å²) in [6.07, 6.45) is 1.70. The number of methoxy groups -OCH3 is 1. The summed E-state index contributed by atoms with van der Waals surface area (Å²) in [6.45, 7) is 7.49. The van der Waals surface area contributed by atoms with E-state index in [4.69, 9.17) is 4.74 Å². The molecule has 6 nitrogen and oxygen atoms in total. The average Bonchev–Trinajstić information content (AvgIpc) is 2.65. The molecule has 1 aromatic heterocycles. The Hall–Kier alpha value is -2.34. The molecule has 1 aromatic carbocycles. The van der Waals surface area contributed by atoms with Gasteiger partial charge >= 0.3 is 0 Å². The van der Waals surface area contributed by atoms with Gasteiger partial charge in [0.05, 0.1) is 7.11 Å². The van der Waals surface area contributed by atoms with Crippen molar-refractivity contribution in [2.75, 3.05) is 25.1 Å². The number of nitrogens with one attached hydrogen (secondary N) is 1. The van der Waals surface area contributed by atoms with E-state index < -0.39 is 6.10 Å². The van der Waals surface area contributed by atoms with Gasteiger partial charge in [-0.05, 0) is 42.5 Å². The number of hydrogen-bond acceptors (Lipinski definition) is 5. The van der Waals surface area contributed by atoms with Crippen LogP contribution in [0.3, 0.4) is 0 Å². The molecule has 3 rings (SSSR count). The molecule has 27 heavy (non-hydrogen) atoms. The second-order valence-electron chi connectivity index (χ2n) is 7.83. The van der Waals surface area contributed by atoms with Gasteiger partial charge in [-0.25, -0.2) is 0 Å². The fourth-order valence-corrected chi connectivity index (χ4v) is 3.81. The lowest BCUT2D eigenvalue weighted by molar-refractivity contribution is -0.132. The van der Waals surface area contributed by atoms with Crippen LogP contribution in [0.2, 0.25) is 0 Å². The largest absolute Gasteiger partial charge is 0.494 e. The van der Waals surface area contributed by atoms with Gasteiger partial charge in [0, 0.05) is 36.4 Å². The maximum atomic E-state index is 12.3. The molecule has 0 unspecified atom stereocenters. The number of fused-ring (bicyclic) bond motifs is 1. The molecule has 0 spiro atoms. The van der Waals surface area contributed by atoms with Gasteiger partial charge in [0.1, 0.15) is 17.4 Å². The third-order valence-electron chi connectivity index (χ3n) is 5.18. The number of pyridine rings is 1. The normalized spacial score (nSPS) is 21.3. The van der Waals surface area contributed by atoms with E-state index in [0.29, 0.717) is 12.5 Å². The molecule has 2 aromatic rings. The summed E-state index contributed by atoms with van der Waals surface area (Å²) in [5, 5.41) is 14.1. The van der Waals surface area contributed by atoms with E-state index in [-0.39, 0.29) is 17.9 Å². The van der Waals surface area contributed by atoms with Gasteiger partial charge in [-0.2, -0.15) is 0 Å². The number of benzene rings is 1. The van der Waals surface area contributed by atoms with Crippen LogP contribution in [0.4, 0.5) is 5.69 Å². The quantitative estimate of drug-likeness (QED) is 0.845. The predicted molar refractivity (Wildman–Crippen MR) is 107 cm³/mol. The summed E-state index contributed by atoms with van der Waals surface area (Å²) in [6, 6.07) is 7.98. The number of nitrogens with zero attached hydrogens (tertiary/aromatic N) is 2. The molecule has 1 saturated heterocycles. The third kappa shape index (κ3) is 4.16. The Labute approximate surface area is 160 Å². The number of hydrogen-bond donors (Lipinski definition) is 2. The number of anilines is 1. The Kier molecular flexibility index (Phi) is 5.85. The molecule has 1 aliphatic rings. The highest BCUT2D eigenvalue weighted by Crippen LogP contribution is 2.34. The standard InChI is InChI=1S/C21H29N3O3/c1-13(2)20(25)21(26)23-15-10-14(3)11-24(12-15)17-7-8-18(27-4)19-16(17)6-5-9-22-19/h5-9,13-15,20,25H,10-12H2,1-4H3,(H,23,26)/t14-,15+,20-/m0/s1. The maximum absolute atomic E-state index is 12.3. The van der Waals surface area contributed by atoms with Crippen LogP contribution in [0.15, 0.2) is 30.5 Å². The lowest BCUT2D eigenvalue weighted by Crippen LogP contribution is -2.53. The molecular weight excluding hydrogens is 342 g/mol. The minimum atomic E-state index is -0.971. The smallest absolute Gasteiger partial charge is 0.249 e. The second-order valence-corrected chi connectivity index (χ2v) is 7.83. The van der Waals surface area contributed by atoms with Gasteiger partial charge in [-0.3, -0.25) is 9.78 Å². The molecule has 0 radical (unpaired) electrons. The number of amides is 1. The van der Waals surface area contributed by atoms with Crippen LogP contribution in [-0.4, -0.2) is 48.3 Å². The zero-order valence-electron chi connectivity index (χ0n) is 16.5. The predicted octanol–water partition coefficient (Wildman–Crippen LogP) is 2.59. The minimum absolute atomic E-state index is 0.00322. The SMILES string of the molecule is COc1ccc(N2C[C@@H](C)C[C@@H](NC(=O)[C@@H](O)C(C)C)C2)c2cccnc12. The molecule has 3 atom stereocenters. The van der Waals surface area contributed by atoms with E-state index in [1.165, 1.54) is 0 Å². The first kappa shape index (κ1) is 19.4. The highest BCUT2D eigenvalue weighted by molar-refractivity contribution is 5.95. The molecule has 2 N–H and O–H groups in total. The zero-order chi connectivity index (χ0) is 19.6. The topological polar surface area (TPSA) is 74.7 Å². The Balaban J connectivity index is 1.85. The monoisotopic (exact) mass is 371 g/mol. The first-order valence-corrected chi connectivity index (χ1v) is 9.55. The summed E-state index contributed by atoms with van der Waals surface area (Å²) in [5.74, 6) is 0.794. The van der Waals surface area contributed by atoms with E-state index in [1.807, 2.05) is 26.0 Å². The summed E-state index contributed by atoms with van der Waals surface area (Å²) in [5.41, 5.74) is 1.93. The summed E-state index contributed by atoms with van der Waals surface area (Å²) >= 11 is 0. The van der Waals surface area contributed by atoms with Crippen LogP contribution >= 0.6 is 0 Å². The third-order valence-corrected chi connectivity index (χ3v) is 5.18. The maximum Gasteiger partial charge on any atom is 0.249 e. The first-order valence-electron chi connectivity index (χ1n) is 9.55. The molecule has 1 fully saturated rings. The van der Waals surface area contributed by atoms with Crippen LogP contribution in [-0.2, 0) is 4.79 Å². The van der Waals surface area contributed by atoms with Crippen molar-refractivity contribution >= 4 is 22.5 Å². The van der Waals surface area contributed by atoms with E-state index in [0.717, 1.165) is 35.3 Å². The molecule has 146 valence electrons. The Bertz CT molecular complexity index is 808. The number of carbonyl (C=O) groups is 1. The number of aliphatic hydroxyl groups is 1. The van der Waals surface area contributed by atoms with Crippen LogP contribution in [0.25, 0.3) is 10.9 Å². The highest BCUT2D eigenvalue weighted by atomic mass is 16.5. The van der Waals surface area contributed by atoms with Crippen molar-refractivity contribution in [3.63, 3.8) is 0 Å². The number of ether oxygens (including phenoxy) is 1. The number of carbonyl (C=O) groups excluding carboxylic acids is 1. The van der Waals surface area contributed by atoms with Gasteiger partial charge < -0.3 is 20.1 Å². The van der Waals surface area contributed by atoms with E-state index in [1.54, 1.807) is 13.3 Å². The van der Waals surface area contributed by atoms with Crippen molar-refractivity contribution in [3.05, 3.63) is 30.5 Å². The van der Waals surface area contributed by atoms with Gasteiger partial charge in [0.15, 0.2) is 0 Å². The van der Waals surface area contributed by atoms with Crippen LogP contribution < -0.4 is 15.0 Å². The molecule has 2 heterocycles. The van der Waals surface area contributed by atoms with Crippen LogP contribution in [0.5, 0.6) is 5.75 Å². The number of rotatable bonds is 5. The van der Waals surface area contributed by atoms with E-state index >= 15 is 0 Å². The van der Waals surface area contributed by atoms with Crippen molar-refractivity contribution in [2.45, 2.75) is 39.3 Å². The van der Waals surface area contributed by atoms with Crippen LogP contribution in [0, 0.1) is 11.8 Å². The number of aromatic nitrogens is 1. The van der Waals surface area contributed by atoms with E-state index in [9.17, 15) is 9.90 Å². The van der Waals surface area contributed by atoms with Crippen molar-refractivity contribution in [1.82, 2.24) is 10.3 Å². The number of aliphatic hydroxyl groups excluding tert-OH is 1. The summed E-state index contributed by atoms with van der Waals surface area (Å²) in [4.78, 5) is 19.1. The van der Waals surface area contributed by atoms with Gasteiger partial charge in [0.25, 0.3) is 0 Å². The molecule has 6 heteroatoms.